The molecule has 0 radical (unpaired) electrons. The molecule has 11 heteroatoms. The Morgan fingerprint density at radius 3 is 2.30 bits per heavy atom. The van der Waals surface area contributed by atoms with Gasteiger partial charge < -0.3 is 15.4 Å². The van der Waals surface area contributed by atoms with Crippen LogP contribution in [0, 0.1) is 10.1 Å². The van der Waals surface area contributed by atoms with Crippen LogP contribution in [0.25, 0.3) is 0 Å². The van der Waals surface area contributed by atoms with E-state index in [0.717, 1.165) is 0 Å². The number of benzene rings is 2. The van der Waals surface area contributed by atoms with Crippen LogP contribution < -0.4 is 10.6 Å². The summed E-state index contributed by atoms with van der Waals surface area (Å²) in [6.45, 7) is 1.93. The third-order valence-electron chi connectivity index (χ3n) is 3.77. The van der Waals surface area contributed by atoms with Crippen LogP contribution in [0.1, 0.15) is 17.3 Å². The number of carbonyl (C=O) groups excluding carboxylic acids is 1. The van der Waals surface area contributed by atoms with Crippen molar-refractivity contribution in [1.29, 1.82) is 0 Å². The number of nitrogens with zero attached hydrogens (tertiary/aromatic N) is 3. The zero-order valence-corrected chi connectivity index (χ0v) is 17.1. The van der Waals surface area contributed by atoms with Gasteiger partial charge in [0.15, 0.2) is 0 Å². The summed E-state index contributed by atoms with van der Waals surface area (Å²) in [5.41, 5.74) is 0.740. The van der Waals surface area contributed by atoms with Crippen LogP contribution in [0.2, 0.25) is 10.0 Å². The van der Waals surface area contributed by atoms with Gasteiger partial charge in [-0.3, -0.25) is 10.1 Å². The highest BCUT2D eigenvalue weighted by Crippen LogP contribution is 2.34. The molecule has 0 unspecified atom stereocenters. The lowest BCUT2D eigenvalue weighted by atomic mass is 10.2. The summed E-state index contributed by atoms with van der Waals surface area (Å²) in [6.07, 6.45) is 1.17. The topological polar surface area (TPSA) is 119 Å². The molecule has 0 aliphatic heterocycles. The smallest absolute Gasteiger partial charge is 0.353 e. The second-order valence-electron chi connectivity index (χ2n) is 5.89. The Labute approximate surface area is 181 Å². The molecule has 9 nitrogen and oxygen atoms in total. The van der Waals surface area contributed by atoms with Crippen LogP contribution >= 0.6 is 23.2 Å². The van der Waals surface area contributed by atoms with Gasteiger partial charge in [0, 0.05) is 21.4 Å². The summed E-state index contributed by atoms with van der Waals surface area (Å²) in [5, 5.41) is 18.1. The number of halogens is 2. The van der Waals surface area contributed by atoms with E-state index in [1.165, 1.54) is 18.5 Å². The molecule has 1 aromatic heterocycles. The number of ether oxygens (including phenoxy) is 1. The highest BCUT2D eigenvalue weighted by Gasteiger charge is 2.24. The van der Waals surface area contributed by atoms with E-state index in [1.54, 1.807) is 37.3 Å². The van der Waals surface area contributed by atoms with Gasteiger partial charge in [-0.05, 0) is 43.3 Å². The van der Waals surface area contributed by atoms with Gasteiger partial charge in [-0.25, -0.2) is 14.8 Å². The van der Waals surface area contributed by atoms with Crippen LogP contribution in [0.3, 0.4) is 0 Å². The summed E-state index contributed by atoms with van der Waals surface area (Å²) < 4.78 is 4.97. The molecule has 0 aliphatic carbocycles. The minimum atomic E-state index is -0.619. The maximum absolute atomic E-state index is 11.9. The Kier molecular flexibility index (Phi) is 6.65. The summed E-state index contributed by atoms with van der Waals surface area (Å²) in [6, 6.07) is 11.0. The molecular weight excluding hydrogens is 433 g/mol. The SMILES string of the molecule is CCOC(=O)c1cccc(Nc2ncnc(Nc3cc(Cl)cc(Cl)c3)c2[N+](=O)[O-])c1. The average molecular weight is 448 g/mol. The molecule has 2 N–H and O–H groups in total. The lowest BCUT2D eigenvalue weighted by molar-refractivity contribution is -0.383. The third kappa shape index (κ3) is 5.13. The average Bonchev–Trinajstić information content (AvgIpc) is 2.67. The second-order valence-corrected chi connectivity index (χ2v) is 6.76. The van der Waals surface area contributed by atoms with Crippen molar-refractivity contribution in [3.8, 4) is 0 Å². The molecule has 0 saturated heterocycles. The Morgan fingerprint density at radius 1 is 1.07 bits per heavy atom. The summed E-state index contributed by atoms with van der Waals surface area (Å²) in [7, 11) is 0. The van der Waals surface area contributed by atoms with E-state index in [0.29, 0.717) is 27.0 Å². The van der Waals surface area contributed by atoms with Gasteiger partial charge in [0.25, 0.3) is 0 Å². The molecule has 0 saturated carbocycles. The van der Waals surface area contributed by atoms with E-state index in [-0.39, 0.29) is 18.2 Å². The number of nitrogens with one attached hydrogen (secondary N) is 2. The van der Waals surface area contributed by atoms with Crippen LogP contribution in [0.4, 0.5) is 28.7 Å². The first-order chi connectivity index (χ1) is 14.4. The number of nitro groups is 1. The van der Waals surface area contributed by atoms with E-state index < -0.39 is 16.6 Å². The van der Waals surface area contributed by atoms with E-state index in [9.17, 15) is 14.9 Å². The Morgan fingerprint density at radius 2 is 1.70 bits per heavy atom. The molecule has 1 heterocycles. The number of carbonyl (C=O) groups is 1. The van der Waals surface area contributed by atoms with Gasteiger partial charge in [0.1, 0.15) is 6.33 Å². The summed E-state index contributed by atoms with van der Waals surface area (Å²) in [5.74, 6) is -0.623. The fraction of sp³-hybridized carbons (Fsp3) is 0.105. The Bertz CT molecular complexity index is 1090. The van der Waals surface area contributed by atoms with Crippen molar-refractivity contribution in [3.63, 3.8) is 0 Å². The molecule has 154 valence electrons. The Balaban J connectivity index is 1.94. The van der Waals surface area contributed by atoms with Gasteiger partial charge in [-0.1, -0.05) is 29.3 Å². The number of hydrogen-bond acceptors (Lipinski definition) is 8. The molecule has 3 aromatic rings. The van der Waals surface area contributed by atoms with Crippen LogP contribution in [0.5, 0.6) is 0 Å². The number of hydrogen-bond donors (Lipinski definition) is 2. The van der Waals surface area contributed by atoms with Crippen LogP contribution in [0.15, 0.2) is 48.8 Å². The van der Waals surface area contributed by atoms with E-state index >= 15 is 0 Å². The Hall–Kier alpha value is -3.43. The standard InChI is InChI=1S/C19H15Cl2N5O4/c1-2-30-19(27)11-4-3-5-14(6-11)24-17-16(26(28)29)18(23-10-22-17)25-15-8-12(20)7-13(21)9-15/h3-10H,2H2,1H3,(H2,22,23,24,25). The number of rotatable bonds is 7. The van der Waals surface area contributed by atoms with E-state index in [2.05, 4.69) is 20.6 Å². The lowest BCUT2D eigenvalue weighted by Crippen LogP contribution is -2.07. The van der Waals surface area contributed by atoms with E-state index in [1.807, 2.05) is 0 Å². The van der Waals surface area contributed by atoms with Gasteiger partial charge in [-0.2, -0.15) is 0 Å². The zero-order valence-electron chi connectivity index (χ0n) is 15.6. The largest absolute Gasteiger partial charge is 0.462 e. The molecule has 0 spiro atoms. The van der Waals surface area contributed by atoms with Crippen LogP contribution in [-0.2, 0) is 4.74 Å². The summed E-state index contributed by atoms with van der Waals surface area (Å²) >= 11 is 12.0. The molecule has 0 bridgehead atoms. The van der Waals surface area contributed by atoms with Gasteiger partial charge in [0.2, 0.25) is 11.6 Å². The number of aromatic nitrogens is 2. The molecule has 2 aromatic carbocycles. The minimum absolute atomic E-state index is 0.0580. The van der Waals surface area contributed by atoms with Crippen molar-refractivity contribution in [2.75, 3.05) is 17.2 Å². The van der Waals surface area contributed by atoms with Crippen molar-refractivity contribution < 1.29 is 14.5 Å². The van der Waals surface area contributed by atoms with Crippen molar-refractivity contribution in [2.24, 2.45) is 0 Å². The van der Waals surface area contributed by atoms with Crippen molar-refractivity contribution in [2.45, 2.75) is 6.92 Å². The quantitative estimate of drug-likeness (QED) is 0.282. The van der Waals surface area contributed by atoms with Crippen molar-refractivity contribution in [3.05, 3.63) is 74.5 Å². The summed E-state index contributed by atoms with van der Waals surface area (Å²) in [4.78, 5) is 31.0. The maximum atomic E-state index is 11.9. The molecule has 0 atom stereocenters. The fourth-order valence-corrected chi connectivity index (χ4v) is 3.10. The molecule has 0 aliphatic rings. The number of esters is 1. The lowest BCUT2D eigenvalue weighted by Gasteiger charge is -2.11. The maximum Gasteiger partial charge on any atom is 0.353 e. The van der Waals surface area contributed by atoms with Gasteiger partial charge >= 0.3 is 11.7 Å². The van der Waals surface area contributed by atoms with Gasteiger partial charge in [-0.15, -0.1) is 0 Å². The molecule has 3 rings (SSSR count). The fourth-order valence-electron chi connectivity index (χ4n) is 2.57. The normalized spacial score (nSPS) is 10.4. The molecule has 0 fully saturated rings. The van der Waals surface area contributed by atoms with Crippen molar-refractivity contribution in [1.82, 2.24) is 9.97 Å². The number of anilines is 4. The molecule has 0 amide bonds. The first kappa shape index (κ1) is 21.3. The third-order valence-corrected chi connectivity index (χ3v) is 4.20. The predicted molar refractivity (Wildman–Crippen MR) is 114 cm³/mol. The minimum Gasteiger partial charge on any atom is -0.462 e. The highest BCUT2D eigenvalue weighted by atomic mass is 35.5. The molecular formula is C19H15Cl2N5O4. The van der Waals surface area contributed by atoms with Crippen LogP contribution in [-0.4, -0.2) is 27.5 Å². The zero-order chi connectivity index (χ0) is 21.7. The monoisotopic (exact) mass is 447 g/mol. The first-order valence-electron chi connectivity index (χ1n) is 8.64. The second kappa shape index (κ2) is 9.38. The van der Waals surface area contributed by atoms with Crippen molar-refractivity contribution >= 4 is 57.9 Å². The van der Waals surface area contributed by atoms with Gasteiger partial charge in [0.05, 0.1) is 17.1 Å². The predicted octanol–water partition coefficient (Wildman–Crippen LogP) is 5.36. The molecule has 30 heavy (non-hydrogen) atoms. The first-order valence-corrected chi connectivity index (χ1v) is 9.39. The van der Waals surface area contributed by atoms with E-state index in [4.69, 9.17) is 27.9 Å². The highest BCUT2D eigenvalue weighted by molar-refractivity contribution is 6.35.